The van der Waals surface area contributed by atoms with Gasteiger partial charge in [-0.1, -0.05) is 80.1 Å². The normalized spacial score (nSPS) is 12.1. The van der Waals surface area contributed by atoms with Gasteiger partial charge in [-0.3, -0.25) is 9.59 Å². The number of carbonyl (C=O) groups excluding carboxylic acids is 3. The van der Waals surface area contributed by atoms with Crippen molar-refractivity contribution in [1.29, 1.82) is 0 Å². The molecule has 0 spiro atoms. The van der Waals surface area contributed by atoms with Gasteiger partial charge in [0.05, 0.1) is 19.6 Å². The minimum atomic E-state index is -0.723. The number of esters is 1. The van der Waals surface area contributed by atoms with E-state index in [2.05, 4.69) is 10.6 Å². The Hall–Kier alpha value is -4.98. The fourth-order valence-electron chi connectivity index (χ4n) is 5.09. The second-order valence-electron chi connectivity index (χ2n) is 10.7. The van der Waals surface area contributed by atoms with E-state index in [0.717, 1.165) is 12.0 Å². The largest absolute Gasteiger partial charge is 0.494 e. The molecule has 0 saturated carbocycles. The van der Waals surface area contributed by atoms with Crippen LogP contribution in [0, 0.1) is 5.82 Å². The van der Waals surface area contributed by atoms with Crippen molar-refractivity contribution in [3.63, 3.8) is 0 Å². The van der Waals surface area contributed by atoms with Gasteiger partial charge in [0, 0.05) is 29.8 Å². The van der Waals surface area contributed by atoms with Crippen molar-refractivity contribution >= 4 is 23.3 Å². The summed E-state index contributed by atoms with van der Waals surface area (Å²) in [6.45, 7) is 2.84. The Bertz CT molecular complexity index is 1560. The average molecular weight is 611 g/mol. The summed E-state index contributed by atoms with van der Waals surface area (Å²) >= 11 is 0. The Morgan fingerprint density at radius 2 is 1.60 bits per heavy atom. The highest BCUT2D eigenvalue weighted by Gasteiger charge is 2.23. The summed E-state index contributed by atoms with van der Waals surface area (Å²) in [5.41, 5.74) is 3.13. The Morgan fingerprint density at radius 3 is 2.31 bits per heavy atom. The number of benzene rings is 4. The van der Waals surface area contributed by atoms with Crippen molar-refractivity contribution in [1.82, 2.24) is 5.32 Å². The van der Waals surface area contributed by atoms with Crippen LogP contribution in [0.3, 0.4) is 0 Å². The van der Waals surface area contributed by atoms with Crippen LogP contribution in [-0.2, 0) is 20.7 Å². The number of halogens is 1. The fourth-order valence-corrected chi connectivity index (χ4v) is 5.09. The summed E-state index contributed by atoms with van der Waals surface area (Å²) in [7, 11) is 1.34. The number of carbonyl (C=O) groups is 3. The van der Waals surface area contributed by atoms with Gasteiger partial charge < -0.3 is 20.1 Å². The maximum Gasteiger partial charge on any atom is 0.328 e. The van der Waals surface area contributed by atoms with Gasteiger partial charge in [-0.15, -0.1) is 0 Å². The number of ether oxygens (including phenoxy) is 2. The van der Waals surface area contributed by atoms with E-state index >= 15 is 0 Å². The number of methoxy groups -OCH3 is 1. The first kappa shape index (κ1) is 32.9. The molecule has 0 heterocycles. The van der Waals surface area contributed by atoms with E-state index in [-0.39, 0.29) is 23.4 Å². The Morgan fingerprint density at radius 1 is 0.867 bits per heavy atom. The molecule has 4 aromatic carbocycles. The summed E-state index contributed by atoms with van der Waals surface area (Å²) in [6.07, 6.45) is 2.39. The summed E-state index contributed by atoms with van der Waals surface area (Å²) in [4.78, 5) is 38.7. The molecule has 0 fully saturated rings. The highest BCUT2D eigenvalue weighted by atomic mass is 19.1. The fraction of sp³-hybridized carbons (Fsp3) is 0.270. The van der Waals surface area contributed by atoms with Crippen molar-refractivity contribution in [2.75, 3.05) is 25.6 Å². The van der Waals surface area contributed by atoms with Crippen molar-refractivity contribution in [3.05, 3.63) is 131 Å². The molecule has 0 saturated heterocycles. The molecule has 234 valence electrons. The lowest BCUT2D eigenvalue weighted by Gasteiger charge is -2.20. The van der Waals surface area contributed by atoms with Crippen LogP contribution < -0.4 is 15.4 Å². The van der Waals surface area contributed by atoms with Crippen molar-refractivity contribution < 1.29 is 28.2 Å². The quantitative estimate of drug-likeness (QED) is 0.0831. The first-order valence-corrected chi connectivity index (χ1v) is 15.2. The van der Waals surface area contributed by atoms with Gasteiger partial charge in [0.2, 0.25) is 5.91 Å². The summed E-state index contributed by atoms with van der Waals surface area (Å²) in [6, 6.07) is 29.0. The molecular weight excluding hydrogens is 571 g/mol. The predicted octanol–water partition coefficient (Wildman–Crippen LogP) is 6.72. The Balaban J connectivity index is 1.29. The number of hydrogen-bond acceptors (Lipinski definition) is 6. The summed E-state index contributed by atoms with van der Waals surface area (Å²) < 4.78 is 24.6. The zero-order valence-corrected chi connectivity index (χ0v) is 25.6. The smallest absolute Gasteiger partial charge is 0.328 e. The van der Waals surface area contributed by atoms with Crippen LogP contribution in [0.4, 0.5) is 10.1 Å². The number of hydrogen-bond donors (Lipinski definition) is 2. The maximum atomic E-state index is 13.7. The van der Waals surface area contributed by atoms with E-state index in [4.69, 9.17) is 9.47 Å². The zero-order valence-electron chi connectivity index (χ0n) is 25.6. The van der Waals surface area contributed by atoms with E-state index in [9.17, 15) is 18.8 Å². The first-order valence-electron chi connectivity index (χ1n) is 15.2. The van der Waals surface area contributed by atoms with Gasteiger partial charge in [0.25, 0.3) is 0 Å². The van der Waals surface area contributed by atoms with Crippen LogP contribution in [0.1, 0.15) is 59.2 Å². The lowest BCUT2D eigenvalue weighted by Crippen LogP contribution is -2.33. The van der Waals surface area contributed by atoms with E-state index in [1.54, 1.807) is 42.5 Å². The summed E-state index contributed by atoms with van der Waals surface area (Å²) in [5.74, 6) is -0.782. The molecule has 8 heteroatoms. The highest BCUT2D eigenvalue weighted by Crippen LogP contribution is 2.24. The van der Waals surface area contributed by atoms with Gasteiger partial charge in [-0.2, -0.15) is 0 Å². The van der Waals surface area contributed by atoms with E-state index in [1.807, 2.05) is 55.5 Å². The lowest BCUT2D eigenvalue weighted by atomic mass is 9.93. The SMILES string of the molecule is CCCC(C(=O)NCCCOc1ccc(CC(Nc2ccccc2C(=O)c2ccccc2)C(=O)OC)cc1)c1cccc(F)c1. The number of rotatable bonds is 16. The standard InChI is InChI=1S/C37H39FN2O5/c1-3-11-31(28-14-9-15-29(38)25-28)36(42)39-22-10-23-45-30-20-18-26(19-21-30)24-34(37(43)44-2)40-33-17-8-7-16-32(33)35(41)27-12-5-4-6-13-27/h4-9,12-21,25,31,34,40H,3,10-11,22-24H2,1-2H3,(H,39,42). The van der Waals surface area contributed by atoms with Gasteiger partial charge in [-0.25, -0.2) is 9.18 Å². The molecule has 0 bridgehead atoms. The second-order valence-corrected chi connectivity index (χ2v) is 10.7. The number of anilines is 1. The van der Waals surface area contributed by atoms with Crippen LogP contribution >= 0.6 is 0 Å². The van der Waals surface area contributed by atoms with Crippen molar-refractivity contribution in [3.8, 4) is 5.75 Å². The highest BCUT2D eigenvalue weighted by molar-refractivity contribution is 6.12. The molecule has 2 unspecified atom stereocenters. The molecule has 0 aromatic heterocycles. The molecule has 4 aromatic rings. The first-order chi connectivity index (χ1) is 21.9. The number of para-hydroxylation sites is 1. The van der Waals surface area contributed by atoms with Crippen LogP contribution in [0.15, 0.2) is 103 Å². The molecule has 2 N–H and O–H groups in total. The zero-order chi connectivity index (χ0) is 32.0. The molecule has 0 radical (unpaired) electrons. The molecule has 2 atom stereocenters. The molecular formula is C37H39FN2O5. The average Bonchev–Trinajstić information content (AvgIpc) is 3.07. The minimum absolute atomic E-state index is 0.118. The Labute approximate surface area is 263 Å². The lowest BCUT2D eigenvalue weighted by molar-refractivity contribution is -0.141. The predicted molar refractivity (Wildman–Crippen MR) is 173 cm³/mol. The third-order valence-electron chi connectivity index (χ3n) is 7.42. The van der Waals surface area contributed by atoms with Crippen LogP contribution in [0.5, 0.6) is 5.75 Å². The van der Waals surface area contributed by atoms with Gasteiger partial charge in [-0.05, 0) is 60.4 Å². The van der Waals surface area contributed by atoms with Crippen LogP contribution in [-0.4, -0.2) is 44.0 Å². The van der Waals surface area contributed by atoms with Crippen LogP contribution in [0.2, 0.25) is 0 Å². The molecule has 0 aliphatic rings. The monoisotopic (exact) mass is 610 g/mol. The van der Waals surface area contributed by atoms with Crippen LogP contribution in [0.25, 0.3) is 0 Å². The number of amides is 1. The molecule has 0 aliphatic heterocycles. The van der Waals surface area contributed by atoms with E-state index < -0.39 is 12.0 Å². The van der Waals surface area contributed by atoms with Gasteiger partial charge in [0.1, 0.15) is 17.6 Å². The van der Waals surface area contributed by atoms with Crippen molar-refractivity contribution in [2.24, 2.45) is 0 Å². The van der Waals surface area contributed by atoms with Gasteiger partial charge >= 0.3 is 5.97 Å². The third-order valence-corrected chi connectivity index (χ3v) is 7.42. The maximum absolute atomic E-state index is 13.7. The molecule has 45 heavy (non-hydrogen) atoms. The number of ketones is 1. The minimum Gasteiger partial charge on any atom is -0.494 e. The second kappa shape index (κ2) is 16.8. The van der Waals surface area contributed by atoms with Gasteiger partial charge in [0.15, 0.2) is 5.78 Å². The molecule has 0 aliphatic carbocycles. The molecule has 1 amide bonds. The molecule has 7 nitrogen and oxygen atoms in total. The molecule has 4 rings (SSSR count). The number of nitrogens with one attached hydrogen (secondary N) is 2. The summed E-state index contributed by atoms with van der Waals surface area (Å²) in [5, 5.41) is 6.16. The van der Waals surface area contributed by atoms with E-state index in [0.29, 0.717) is 60.5 Å². The van der Waals surface area contributed by atoms with E-state index in [1.165, 1.54) is 19.2 Å². The third kappa shape index (κ3) is 9.50. The van der Waals surface area contributed by atoms with Crippen molar-refractivity contribution in [2.45, 2.75) is 44.6 Å². The Kier molecular flexibility index (Phi) is 12.3. The topological polar surface area (TPSA) is 93.7 Å².